The number of anilines is 1. The lowest BCUT2D eigenvalue weighted by molar-refractivity contribution is -0.0415. The molecule has 1 N–H and O–H groups in total. The van der Waals surface area contributed by atoms with E-state index in [1.807, 2.05) is 6.07 Å². The van der Waals surface area contributed by atoms with Crippen molar-refractivity contribution in [2.24, 2.45) is 0 Å². The van der Waals surface area contributed by atoms with Crippen molar-refractivity contribution < 1.29 is 9.13 Å². The number of morpholine rings is 1. The lowest BCUT2D eigenvalue weighted by Crippen LogP contribution is -2.48. The summed E-state index contributed by atoms with van der Waals surface area (Å²) in [5.41, 5.74) is 1.00. The van der Waals surface area contributed by atoms with E-state index in [0.29, 0.717) is 23.8 Å². The number of fused-ring (bicyclic) bond motifs is 1. The fraction of sp³-hybridized carbons (Fsp3) is 0.533. The smallest absolute Gasteiger partial charge is 0.124 e. The Hall–Kier alpha value is -1.64. The van der Waals surface area contributed by atoms with Crippen LogP contribution in [0.4, 0.5) is 10.1 Å². The molecule has 2 saturated heterocycles. The second-order valence-corrected chi connectivity index (χ2v) is 5.43. The van der Waals surface area contributed by atoms with Crippen LogP contribution >= 0.6 is 0 Å². The van der Waals surface area contributed by atoms with Gasteiger partial charge < -0.3 is 10.1 Å². The van der Waals surface area contributed by atoms with Crippen LogP contribution in [0.3, 0.4) is 0 Å². The largest absolute Gasteiger partial charge is 0.381 e. The van der Waals surface area contributed by atoms with Gasteiger partial charge in [-0.2, -0.15) is 5.26 Å². The zero-order valence-corrected chi connectivity index (χ0v) is 11.3. The van der Waals surface area contributed by atoms with Crippen LogP contribution in [0.25, 0.3) is 0 Å². The Bertz CT molecular complexity index is 528. The lowest BCUT2D eigenvalue weighted by Gasteiger charge is -2.35. The maximum absolute atomic E-state index is 13.1. The minimum Gasteiger partial charge on any atom is -0.381 e. The summed E-state index contributed by atoms with van der Waals surface area (Å²) in [5, 5.41) is 12.2. The van der Waals surface area contributed by atoms with Crippen LogP contribution in [0.5, 0.6) is 0 Å². The van der Waals surface area contributed by atoms with E-state index >= 15 is 0 Å². The number of halogens is 1. The summed E-state index contributed by atoms with van der Waals surface area (Å²) in [5.74, 6) is -0.388. The first-order valence-corrected chi connectivity index (χ1v) is 7.05. The number of hydrogen-bond donors (Lipinski definition) is 1. The van der Waals surface area contributed by atoms with E-state index in [-0.39, 0.29) is 11.9 Å². The summed E-state index contributed by atoms with van der Waals surface area (Å²) in [6.45, 7) is 3.52. The van der Waals surface area contributed by atoms with Gasteiger partial charge in [0.2, 0.25) is 0 Å². The Morgan fingerprint density at radius 3 is 3.25 bits per heavy atom. The molecule has 0 bridgehead atoms. The molecular formula is C15H18FN3O. The summed E-state index contributed by atoms with van der Waals surface area (Å²) in [6.07, 6.45) is 2.61. The zero-order valence-electron chi connectivity index (χ0n) is 11.3. The second kappa shape index (κ2) is 5.78. The van der Waals surface area contributed by atoms with Crippen LogP contribution in [-0.4, -0.2) is 43.3 Å². The van der Waals surface area contributed by atoms with E-state index < -0.39 is 0 Å². The Kier molecular flexibility index (Phi) is 3.86. The molecule has 1 aromatic rings. The molecule has 0 aliphatic carbocycles. The van der Waals surface area contributed by atoms with E-state index in [2.05, 4.69) is 10.2 Å². The van der Waals surface area contributed by atoms with Crippen LogP contribution in [-0.2, 0) is 4.74 Å². The highest BCUT2D eigenvalue weighted by Crippen LogP contribution is 2.23. The summed E-state index contributed by atoms with van der Waals surface area (Å²) < 4.78 is 18.9. The van der Waals surface area contributed by atoms with Crippen LogP contribution in [0.15, 0.2) is 18.2 Å². The highest BCUT2D eigenvalue weighted by atomic mass is 19.1. The summed E-state index contributed by atoms with van der Waals surface area (Å²) in [6, 6.07) is 6.82. The van der Waals surface area contributed by atoms with Crippen molar-refractivity contribution >= 4 is 5.69 Å². The molecule has 2 aliphatic heterocycles. The molecule has 0 spiro atoms. The molecule has 2 unspecified atom stereocenters. The molecule has 0 aromatic heterocycles. The molecule has 2 aliphatic rings. The Labute approximate surface area is 118 Å². The first kappa shape index (κ1) is 13.3. The van der Waals surface area contributed by atoms with Gasteiger partial charge in [-0.25, -0.2) is 4.39 Å². The lowest BCUT2D eigenvalue weighted by atomic mass is 10.1. The molecule has 3 rings (SSSR count). The number of ether oxygens (including phenoxy) is 1. The van der Waals surface area contributed by atoms with E-state index in [1.165, 1.54) is 25.0 Å². The van der Waals surface area contributed by atoms with Gasteiger partial charge in [0.25, 0.3) is 0 Å². The zero-order chi connectivity index (χ0) is 13.9. The van der Waals surface area contributed by atoms with Gasteiger partial charge in [0, 0.05) is 19.1 Å². The van der Waals surface area contributed by atoms with Gasteiger partial charge in [-0.05, 0) is 37.6 Å². The highest BCUT2D eigenvalue weighted by molar-refractivity contribution is 5.57. The Balaban J connectivity index is 1.58. The third-order valence-electron chi connectivity index (χ3n) is 4.08. The van der Waals surface area contributed by atoms with Crippen molar-refractivity contribution in [2.75, 3.05) is 31.6 Å². The molecule has 0 amide bonds. The average Bonchev–Trinajstić information content (AvgIpc) is 2.93. The quantitative estimate of drug-likeness (QED) is 0.916. The average molecular weight is 275 g/mol. The maximum atomic E-state index is 13.1. The van der Waals surface area contributed by atoms with Crippen molar-refractivity contribution in [3.63, 3.8) is 0 Å². The van der Waals surface area contributed by atoms with E-state index in [0.717, 1.165) is 19.7 Å². The SMILES string of the molecule is N#Cc1cc(F)ccc1NCC1CN2CCCC2CO1. The Morgan fingerprint density at radius 1 is 1.50 bits per heavy atom. The molecule has 1 aromatic carbocycles. The van der Waals surface area contributed by atoms with Crippen molar-refractivity contribution in [3.8, 4) is 6.07 Å². The van der Waals surface area contributed by atoms with Gasteiger partial charge in [-0.3, -0.25) is 4.90 Å². The molecule has 0 saturated carbocycles. The standard InChI is InChI=1S/C15H18FN3O/c16-12-3-4-15(11(6-12)7-17)18-8-14-9-19-5-1-2-13(19)10-20-14/h3-4,6,13-14,18H,1-2,5,8-10H2. The first-order valence-electron chi connectivity index (χ1n) is 7.05. The second-order valence-electron chi connectivity index (χ2n) is 5.43. The van der Waals surface area contributed by atoms with Crippen LogP contribution in [0.2, 0.25) is 0 Å². The molecule has 2 atom stereocenters. The molecular weight excluding hydrogens is 257 g/mol. The fourth-order valence-electron chi connectivity index (χ4n) is 3.00. The summed E-state index contributed by atoms with van der Waals surface area (Å²) in [7, 11) is 0. The minimum atomic E-state index is -0.388. The number of hydrogen-bond acceptors (Lipinski definition) is 4. The van der Waals surface area contributed by atoms with Crippen molar-refractivity contribution in [1.29, 1.82) is 5.26 Å². The molecule has 4 nitrogen and oxygen atoms in total. The molecule has 2 heterocycles. The molecule has 106 valence electrons. The van der Waals surface area contributed by atoms with Gasteiger partial charge in [-0.15, -0.1) is 0 Å². The topological polar surface area (TPSA) is 48.3 Å². The normalized spacial score (nSPS) is 26.0. The van der Waals surface area contributed by atoms with Crippen molar-refractivity contribution in [1.82, 2.24) is 4.90 Å². The maximum Gasteiger partial charge on any atom is 0.124 e. The number of rotatable bonds is 3. The van der Waals surface area contributed by atoms with Gasteiger partial charge in [0.05, 0.1) is 24.0 Å². The number of nitriles is 1. The van der Waals surface area contributed by atoms with Gasteiger partial charge in [0.15, 0.2) is 0 Å². The van der Waals surface area contributed by atoms with Gasteiger partial charge in [0.1, 0.15) is 11.9 Å². The first-order chi connectivity index (χ1) is 9.76. The van der Waals surface area contributed by atoms with Crippen molar-refractivity contribution in [3.05, 3.63) is 29.6 Å². The number of nitrogens with zero attached hydrogens (tertiary/aromatic N) is 2. The third kappa shape index (κ3) is 2.77. The fourth-order valence-corrected chi connectivity index (χ4v) is 3.00. The molecule has 0 radical (unpaired) electrons. The molecule has 2 fully saturated rings. The highest BCUT2D eigenvalue weighted by Gasteiger charge is 2.31. The molecule has 5 heteroatoms. The number of benzene rings is 1. The summed E-state index contributed by atoms with van der Waals surface area (Å²) in [4.78, 5) is 2.48. The van der Waals surface area contributed by atoms with Crippen molar-refractivity contribution in [2.45, 2.75) is 25.0 Å². The number of nitrogens with one attached hydrogen (secondary N) is 1. The molecule has 20 heavy (non-hydrogen) atoms. The van der Waals surface area contributed by atoms with E-state index in [9.17, 15) is 4.39 Å². The van der Waals surface area contributed by atoms with Gasteiger partial charge in [-0.1, -0.05) is 0 Å². The monoisotopic (exact) mass is 275 g/mol. The van der Waals surface area contributed by atoms with E-state index in [4.69, 9.17) is 10.00 Å². The van der Waals surface area contributed by atoms with Crippen LogP contribution in [0, 0.1) is 17.1 Å². The van der Waals surface area contributed by atoms with Crippen LogP contribution in [0.1, 0.15) is 18.4 Å². The predicted octanol–water partition coefficient (Wildman–Crippen LogP) is 1.97. The van der Waals surface area contributed by atoms with E-state index in [1.54, 1.807) is 6.07 Å². The summed E-state index contributed by atoms with van der Waals surface area (Å²) >= 11 is 0. The van der Waals surface area contributed by atoms with Gasteiger partial charge >= 0.3 is 0 Å². The minimum absolute atomic E-state index is 0.126. The van der Waals surface area contributed by atoms with Crippen LogP contribution < -0.4 is 5.32 Å². The Morgan fingerprint density at radius 2 is 2.40 bits per heavy atom. The predicted molar refractivity (Wildman–Crippen MR) is 73.9 cm³/mol. The third-order valence-corrected chi connectivity index (χ3v) is 4.08.